The molecule has 19 heavy (non-hydrogen) atoms. The van der Waals surface area contributed by atoms with E-state index in [4.69, 9.17) is 4.74 Å². The Morgan fingerprint density at radius 3 is 2.11 bits per heavy atom. The molecule has 0 amide bonds. The first-order chi connectivity index (χ1) is 8.69. The molecule has 2 rings (SSSR count). The Bertz CT molecular complexity index is 311. The normalized spacial score (nSPS) is 41.4. The summed E-state index contributed by atoms with van der Waals surface area (Å²) in [5.41, 5.74) is -0.790. The van der Waals surface area contributed by atoms with Gasteiger partial charge in [-0.05, 0) is 65.7 Å². The van der Waals surface area contributed by atoms with E-state index >= 15 is 0 Å². The van der Waals surface area contributed by atoms with Crippen LogP contribution in [0.5, 0.6) is 0 Å². The summed E-state index contributed by atoms with van der Waals surface area (Å²) in [6.45, 7) is 10.9. The Balaban J connectivity index is 2.05. The molecule has 2 heteroatoms. The van der Waals surface area contributed by atoms with Crippen LogP contribution in [0.15, 0.2) is 0 Å². The topological polar surface area (TPSA) is 29.5 Å². The molecule has 112 valence electrons. The first kappa shape index (κ1) is 15.3. The number of rotatable bonds is 3. The second-order valence-corrected chi connectivity index (χ2v) is 8.06. The van der Waals surface area contributed by atoms with Crippen molar-refractivity contribution in [1.29, 1.82) is 0 Å². The van der Waals surface area contributed by atoms with Crippen LogP contribution < -0.4 is 0 Å². The summed E-state index contributed by atoms with van der Waals surface area (Å²) in [6, 6.07) is 0. The molecule has 0 aromatic heterocycles. The van der Waals surface area contributed by atoms with E-state index in [2.05, 4.69) is 34.6 Å². The summed E-state index contributed by atoms with van der Waals surface area (Å²) in [5.74, 6) is 1.11. The molecule has 1 saturated carbocycles. The van der Waals surface area contributed by atoms with Crippen LogP contribution in [0.3, 0.4) is 0 Å². The minimum absolute atomic E-state index is 0.0931. The molecule has 0 radical (unpaired) electrons. The zero-order valence-electron chi connectivity index (χ0n) is 13.5. The van der Waals surface area contributed by atoms with Crippen LogP contribution in [0, 0.1) is 11.8 Å². The average Bonchev–Trinajstić information content (AvgIpc) is 2.51. The van der Waals surface area contributed by atoms with E-state index in [0.717, 1.165) is 25.2 Å². The molecule has 0 aromatic rings. The molecular weight excluding hydrogens is 236 g/mol. The summed E-state index contributed by atoms with van der Waals surface area (Å²) in [7, 11) is 0. The van der Waals surface area contributed by atoms with Crippen molar-refractivity contribution in [3.8, 4) is 0 Å². The molecule has 1 aliphatic heterocycles. The lowest BCUT2D eigenvalue weighted by molar-refractivity contribution is -0.127. The van der Waals surface area contributed by atoms with Crippen molar-refractivity contribution in [1.82, 2.24) is 0 Å². The number of ether oxygens (including phenoxy) is 1. The first-order valence-electron chi connectivity index (χ1n) is 8.11. The molecule has 1 saturated heterocycles. The predicted molar refractivity (Wildman–Crippen MR) is 79.2 cm³/mol. The minimum atomic E-state index is -0.499. The highest BCUT2D eigenvalue weighted by Crippen LogP contribution is 2.52. The van der Waals surface area contributed by atoms with Gasteiger partial charge in [-0.3, -0.25) is 0 Å². The molecule has 2 fully saturated rings. The Labute approximate surface area is 118 Å². The molecule has 0 bridgehead atoms. The summed E-state index contributed by atoms with van der Waals surface area (Å²) in [4.78, 5) is 0. The van der Waals surface area contributed by atoms with Crippen LogP contribution in [0.2, 0.25) is 0 Å². The highest BCUT2D eigenvalue weighted by atomic mass is 16.5. The van der Waals surface area contributed by atoms with Crippen LogP contribution in [0.4, 0.5) is 0 Å². The lowest BCUT2D eigenvalue weighted by Crippen LogP contribution is -2.48. The Kier molecular flexibility index (Phi) is 4.06. The molecular formula is C17H32O2. The Morgan fingerprint density at radius 2 is 1.68 bits per heavy atom. The molecule has 0 aromatic carbocycles. The van der Waals surface area contributed by atoms with Gasteiger partial charge < -0.3 is 9.84 Å². The van der Waals surface area contributed by atoms with Crippen LogP contribution in [0.1, 0.15) is 79.6 Å². The number of hydrogen-bond donors (Lipinski definition) is 1. The fourth-order valence-corrected chi connectivity index (χ4v) is 4.62. The molecule has 0 spiro atoms. The second-order valence-electron chi connectivity index (χ2n) is 8.06. The van der Waals surface area contributed by atoms with E-state index in [1.54, 1.807) is 0 Å². The predicted octanol–water partition coefficient (Wildman–Crippen LogP) is 4.30. The van der Waals surface area contributed by atoms with Gasteiger partial charge in [0.05, 0.1) is 16.8 Å². The molecule has 1 unspecified atom stereocenters. The van der Waals surface area contributed by atoms with Gasteiger partial charge in [-0.2, -0.15) is 0 Å². The summed E-state index contributed by atoms with van der Waals surface area (Å²) < 4.78 is 6.18. The summed E-state index contributed by atoms with van der Waals surface area (Å²) >= 11 is 0. The third-order valence-corrected chi connectivity index (χ3v) is 5.39. The van der Waals surface area contributed by atoms with Crippen LogP contribution in [-0.4, -0.2) is 21.9 Å². The van der Waals surface area contributed by atoms with Crippen molar-refractivity contribution in [2.24, 2.45) is 11.8 Å². The van der Waals surface area contributed by atoms with Crippen molar-refractivity contribution in [3.05, 3.63) is 0 Å². The van der Waals surface area contributed by atoms with Crippen LogP contribution in [0.25, 0.3) is 0 Å². The van der Waals surface area contributed by atoms with Crippen molar-refractivity contribution >= 4 is 0 Å². The lowest BCUT2D eigenvalue weighted by atomic mass is 9.65. The third-order valence-electron chi connectivity index (χ3n) is 5.39. The number of hydrogen-bond acceptors (Lipinski definition) is 2. The van der Waals surface area contributed by atoms with Gasteiger partial charge >= 0.3 is 0 Å². The second kappa shape index (κ2) is 5.04. The minimum Gasteiger partial charge on any atom is -0.389 e. The monoisotopic (exact) mass is 268 g/mol. The molecule has 2 nitrogen and oxygen atoms in total. The van der Waals surface area contributed by atoms with E-state index in [0.29, 0.717) is 0 Å². The molecule has 1 aliphatic carbocycles. The third kappa shape index (κ3) is 3.16. The van der Waals surface area contributed by atoms with E-state index in [1.807, 2.05) is 0 Å². The molecule has 1 N–H and O–H groups in total. The Hall–Kier alpha value is -0.0800. The molecule has 1 heterocycles. The highest BCUT2D eigenvalue weighted by Gasteiger charge is 2.55. The lowest BCUT2D eigenvalue weighted by Gasteiger charge is -2.44. The van der Waals surface area contributed by atoms with Crippen molar-refractivity contribution in [2.75, 3.05) is 0 Å². The van der Waals surface area contributed by atoms with E-state index < -0.39 is 5.60 Å². The zero-order chi connectivity index (χ0) is 14.3. The standard InChI is InChI=1S/C17H32O2/c1-6-7-13-8-10-17(18,11-9-13)14-12-15(2,3)19-16(14,4)5/h13-14,18H,6-12H2,1-5H3. The maximum absolute atomic E-state index is 11.1. The van der Waals surface area contributed by atoms with Gasteiger partial charge in [0.2, 0.25) is 0 Å². The zero-order valence-corrected chi connectivity index (χ0v) is 13.5. The average molecular weight is 268 g/mol. The summed E-state index contributed by atoms with van der Waals surface area (Å²) in [6.07, 6.45) is 7.89. The quantitative estimate of drug-likeness (QED) is 0.827. The smallest absolute Gasteiger partial charge is 0.0704 e. The van der Waals surface area contributed by atoms with E-state index in [-0.39, 0.29) is 17.1 Å². The van der Waals surface area contributed by atoms with Gasteiger partial charge in [-0.1, -0.05) is 19.8 Å². The molecule has 2 aliphatic rings. The SMILES string of the molecule is CCCC1CCC(O)(C2CC(C)(C)OC2(C)C)CC1. The van der Waals surface area contributed by atoms with Gasteiger partial charge in [0.1, 0.15) is 0 Å². The maximum atomic E-state index is 11.1. The van der Waals surface area contributed by atoms with E-state index in [9.17, 15) is 5.11 Å². The van der Waals surface area contributed by atoms with Gasteiger partial charge in [0.15, 0.2) is 0 Å². The van der Waals surface area contributed by atoms with Gasteiger partial charge in [-0.15, -0.1) is 0 Å². The maximum Gasteiger partial charge on any atom is 0.0704 e. The van der Waals surface area contributed by atoms with Gasteiger partial charge in [0.25, 0.3) is 0 Å². The highest BCUT2D eigenvalue weighted by molar-refractivity contribution is 5.05. The van der Waals surface area contributed by atoms with Crippen LogP contribution >= 0.6 is 0 Å². The van der Waals surface area contributed by atoms with Crippen molar-refractivity contribution in [3.63, 3.8) is 0 Å². The van der Waals surface area contributed by atoms with Gasteiger partial charge in [0, 0.05) is 5.92 Å². The Morgan fingerprint density at radius 1 is 1.11 bits per heavy atom. The van der Waals surface area contributed by atoms with Gasteiger partial charge in [-0.25, -0.2) is 0 Å². The van der Waals surface area contributed by atoms with E-state index in [1.165, 1.54) is 25.7 Å². The first-order valence-corrected chi connectivity index (χ1v) is 8.11. The van der Waals surface area contributed by atoms with Crippen molar-refractivity contribution in [2.45, 2.75) is 96.4 Å². The fraction of sp³-hybridized carbons (Fsp3) is 1.00. The summed E-state index contributed by atoms with van der Waals surface area (Å²) in [5, 5.41) is 11.1. The van der Waals surface area contributed by atoms with Crippen LogP contribution in [-0.2, 0) is 4.74 Å². The molecule has 1 atom stereocenters. The largest absolute Gasteiger partial charge is 0.389 e. The fourth-order valence-electron chi connectivity index (χ4n) is 4.62. The van der Waals surface area contributed by atoms with Crippen molar-refractivity contribution < 1.29 is 9.84 Å². The number of aliphatic hydroxyl groups is 1.